The lowest BCUT2D eigenvalue weighted by atomic mass is 10.2. The number of nitrogens with one attached hydrogen (secondary N) is 2. The van der Waals surface area contributed by atoms with Crippen LogP contribution in [0.4, 0.5) is 5.69 Å². The molecule has 1 atom stereocenters. The van der Waals surface area contributed by atoms with Gasteiger partial charge in [0.25, 0.3) is 5.91 Å². The maximum absolute atomic E-state index is 12.2. The highest BCUT2D eigenvalue weighted by Crippen LogP contribution is 2.15. The van der Waals surface area contributed by atoms with Crippen LogP contribution >= 0.6 is 0 Å². The molecule has 0 heterocycles. The smallest absolute Gasteiger partial charge is 0.255 e. The fourth-order valence-electron chi connectivity index (χ4n) is 2.17. The topological polar surface area (TPSA) is 70.6 Å². The van der Waals surface area contributed by atoms with Crippen molar-refractivity contribution in [1.82, 2.24) is 5.32 Å². The lowest BCUT2D eigenvalue weighted by Gasteiger charge is -2.15. The first kappa shape index (κ1) is 19.0. The Hall–Kier alpha value is -2.37. The van der Waals surface area contributed by atoms with E-state index in [9.17, 15) is 9.90 Å². The normalized spacial score (nSPS) is 12.0. The molecule has 5 nitrogen and oxygen atoms in total. The number of amides is 1. The summed E-state index contributed by atoms with van der Waals surface area (Å²) in [6, 6.07) is 14.8. The van der Waals surface area contributed by atoms with Gasteiger partial charge in [0.2, 0.25) is 0 Å². The molecule has 0 fully saturated rings. The van der Waals surface area contributed by atoms with Crippen LogP contribution in [0.15, 0.2) is 48.5 Å². The Kier molecular flexibility index (Phi) is 6.98. The third-order valence-electron chi connectivity index (χ3n) is 3.63. The van der Waals surface area contributed by atoms with Gasteiger partial charge in [0.1, 0.15) is 18.5 Å². The Morgan fingerprint density at radius 1 is 1.08 bits per heavy atom. The summed E-state index contributed by atoms with van der Waals surface area (Å²) < 4.78 is 5.54. The van der Waals surface area contributed by atoms with Crippen molar-refractivity contribution in [2.75, 3.05) is 18.5 Å². The predicted octanol–water partition coefficient (Wildman–Crippen LogP) is 2.99. The van der Waals surface area contributed by atoms with Gasteiger partial charge >= 0.3 is 0 Å². The molecule has 0 unspecified atom stereocenters. The maximum atomic E-state index is 12.2. The highest BCUT2D eigenvalue weighted by Gasteiger charge is 2.08. The highest BCUT2D eigenvalue weighted by molar-refractivity contribution is 6.04. The van der Waals surface area contributed by atoms with E-state index in [2.05, 4.69) is 10.6 Å². The van der Waals surface area contributed by atoms with Gasteiger partial charge in [0, 0.05) is 23.8 Å². The Morgan fingerprint density at radius 3 is 2.32 bits per heavy atom. The van der Waals surface area contributed by atoms with E-state index < -0.39 is 6.10 Å². The van der Waals surface area contributed by atoms with Crippen molar-refractivity contribution >= 4 is 11.6 Å². The molecule has 0 aromatic heterocycles. The molecule has 0 aliphatic heterocycles. The molecule has 1 amide bonds. The first-order valence-corrected chi connectivity index (χ1v) is 8.46. The number of aliphatic hydroxyl groups is 1. The second-order valence-electron chi connectivity index (χ2n) is 6.37. The molecule has 0 radical (unpaired) electrons. The van der Waals surface area contributed by atoms with Crippen LogP contribution in [0.3, 0.4) is 0 Å². The van der Waals surface area contributed by atoms with E-state index in [1.807, 2.05) is 45.0 Å². The first-order valence-electron chi connectivity index (χ1n) is 8.46. The monoisotopic (exact) mass is 342 g/mol. The van der Waals surface area contributed by atoms with E-state index in [-0.39, 0.29) is 12.5 Å². The summed E-state index contributed by atoms with van der Waals surface area (Å²) in [5.41, 5.74) is 2.46. The minimum absolute atomic E-state index is 0.170. The molecule has 2 aromatic carbocycles. The Balaban J connectivity index is 1.84. The standard InChI is InChI=1S/C20H26N2O3/c1-14(2)21-12-18(23)13-25-19-10-6-16(7-11-19)20(24)22-17-8-4-15(3)5-9-17/h4-11,14,18,21,23H,12-13H2,1-3H3,(H,22,24)/t18-/m0/s1. The van der Waals surface area contributed by atoms with Crippen molar-refractivity contribution < 1.29 is 14.6 Å². The third-order valence-corrected chi connectivity index (χ3v) is 3.63. The summed E-state index contributed by atoms with van der Waals surface area (Å²) in [4.78, 5) is 12.2. The zero-order chi connectivity index (χ0) is 18.2. The third kappa shape index (κ3) is 6.57. The number of anilines is 1. The molecule has 3 N–H and O–H groups in total. The summed E-state index contributed by atoms with van der Waals surface area (Å²) in [7, 11) is 0. The molecule has 134 valence electrons. The number of benzene rings is 2. The molecule has 25 heavy (non-hydrogen) atoms. The molecule has 0 saturated carbocycles. The van der Waals surface area contributed by atoms with Crippen molar-refractivity contribution in [2.24, 2.45) is 0 Å². The lowest BCUT2D eigenvalue weighted by Crippen LogP contribution is -2.35. The van der Waals surface area contributed by atoms with Crippen LogP contribution in [-0.2, 0) is 0 Å². The van der Waals surface area contributed by atoms with E-state index >= 15 is 0 Å². The SMILES string of the molecule is Cc1ccc(NC(=O)c2ccc(OC[C@@H](O)CNC(C)C)cc2)cc1. The second kappa shape index (κ2) is 9.20. The lowest BCUT2D eigenvalue weighted by molar-refractivity contribution is 0.102. The average Bonchev–Trinajstić information content (AvgIpc) is 2.60. The molecule has 0 aliphatic rings. The van der Waals surface area contributed by atoms with Crippen LogP contribution in [0.1, 0.15) is 29.8 Å². The number of hydrogen-bond donors (Lipinski definition) is 3. The number of rotatable bonds is 8. The summed E-state index contributed by atoms with van der Waals surface area (Å²) in [6.07, 6.45) is -0.577. The van der Waals surface area contributed by atoms with Crippen LogP contribution in [0.25, 0.3) is 0 Å². The quantitative estimate of drug-likeness (QED) is 0.690. The first-order chi connectivity index (χ1) is 11.9. The zero-order valence-corrected chi connectivity index (χ0v) is 15.0. The predicted molar refractivity (Wildman–Crippen MR) is 100 cm³/mol. The summed E-state index contributed by atoms with van der Waals surface area (Å²) in [5.74, 6) is 0.451. The van der Waals surface area contributed by atoms with Gasteiger partial charge in [0.15, 0.2) is 0 Å². The van der Waals surface area contributed by atoms with Gasteiger partial charge < -0.3 is 20.5 Å². The fraction of sp³-hybridized carbons (Fsp3) is 0.350. The maximum Gasteiger partial charge on any atom is 0.255 e. The number of carbonyl (C=O) groups is 1. The van der Waals surface area contributed by atoms with Crippen molar-refractivity contribution in [3.05, 3.63) is 59.7 Å². The highest BCUT2D eigenvalue weighted by atomic mass is 16.5. The summed E-state index contributed by atoms with van der Waals surface area (Å²) >= 11 is 0. The van der Waals surface area contributed by atoms with Gasteiger partial charge in [0.05, 0.1) is 0 Å². The van der Waals surface area contributed by atoms with Gasteiger partial charge in [-0.1, -0.05) is 31.5 Å². The molecule has 0 aliphatic carbocycles. The van der Waals surface area contributed by atoms with Gasteiger partial charge in [-0.3, -0.25) is 4.79 Å². The average molecular weight is 342 g/mol. The Morgan fingerprint density at radius 2 is 1.72 bits per heavy atom. The molecular formula is C20H26N2O3. The number of carbonyl (C=O) groups excluding carboxylic acids is 1. The van der Waals surface area contributed by atoms with Gasteiger partial charge in [-0.05, 0) is 43.3 Å². The van der Waals surface area contributed by atoms with Crippen molar-refractivity contribution in [2.45, 2.75) is 32.9 Å². The number of aliphatic hydroxyl groups excluding tert-OH is 1. The largest absolute Gasteiger partial charge is 0.491 e. The van der Waals surface area contributed by atoms with Crippen molar-refractivity contribution in [3.63, 3.8) is 0 Å². The molecule has 2 rings (SSSR count). The number of ether oxygens (including phenoxy) is 1. The second-order valence-corrected chi connectivity index (χ2v) is 6.37. The van der Waals surface area contributed by atoms with Gasteiger partial charge in [-0.25, -0.2) is 0 Å². The minimum atomic E-state index is -0.577. The number of aryl methyl sites for hydroxylation is 1. The molecule has 0 bridgehead atoms. The van der Waals surface area contributed by atoms with E-state index in [1.54, 1.807) is 24.3 Å². The Labute approximate surface area is 149 Å². The van der Waals surface area contributed by atoms with Crippen LogP contribution in [0.2, 0.25) is 0 Å². The van der Waals surface area contributed by atoms with Gasteiger partial charge in [-0.15, -0.1) is 0 Å². The van der Waals surface area contributed by atoms with Crippen LogP contribution in [0, 0.1) is 6.92 Å². The minimum Gasteiger partial charge on any atom is -0.491 e. The molecular weight excluding hydrogens is 316 g/mol. The molecule has 5 heteroatoms. The fourth-order valence-corrected chi connectivity index (χ4v) is 2.17. The van der Waals surface area contributed by atoms with Crippen LogP contribution in [0.5, 0.6) is 5.75 Å². The van der Waals surface area contributed by atoms with Gasteiger partial charge in [-0.2, -0.15) is 0 Å². The Bertz CT molecular complexity index is 666. The van der Waals surface area contributed by atoms with Crippen LogP contribution < -0.4 is 15.4 Å². The number of hydrogen-bond acceptors (Lipinski definition) is 4. The molecule has 0 saturated heterocycles. The molecule has 0 spiro atoms. The van der Waals surface area contributed by atoms with Crippen molar-refractivity contribution in [3.8, 4) is 5.75 Å². The van der Waals surface area contributed by atoms with Crippen molar-refractivity contribution in [1.29, 1.82) is 0 Å². The molecule has 2 aromatic rings. The van der Waals surface area contributed by atoms with E-state index in [0.717, 1.165) is 11.3 Å². The van der Waals surface area contributed by atoms with Crippen LogP contribution in [-0.4, -0.2) is 36.3 Å². The summed E-state index contributed by atoms with van der Waals surface area (Å²) in [6.45, 7) is 6.73. The summed E-state index contributed by atoms with van der Waals surface area (Å²) in [5, 5.41) is 15.8. The zero-order valence-electron chi connectivity index (χ0n) is 15.0. The van der Waals surface area contributed by atoms with E-state index in [0.29, 0.717) is 23.9 Å². The van der Waals surface area contributed by atoms with E-state index in [1.165, 1.54) is 0 Å². The van der Waals surface area contributed by atoms with E-state index in [4.69, 9.17) is 4.74 Å².